The van der Waals surface area contributed by atoms with Gasteiger partial charge in [0.25, 0.3) is 0 Å². The summed E-state index contributed by atoms with van der Waals surface area (Å²) < 4.78 is 1.84. The molecular weight excluding hydrogens is 214 g/mol. The second-order valence-corrected chi connectivity index (χ2v) is 3.40. The van der Waals surface area contributed by atoms with Gasteiger partial charge < -0.3 is 0 Å². The Hall–Kier alpha value is -1.07. The van der Waals surface area contributed by atoms with Crippen molar-refractivity contribution in [2.24, 2.45) is 17.9 Å². The number of rotatable bonds is 2. The number of hydrogen-bond acceptors (Lipinski definition) is 4. The number of aliphatic imine (C=N–C) groups is 1. The molecule has 84 valence electrons. The molecule has 6 heteroatoms. The highest BCUT2D eigenvalue weighted by molar-refractivity contribution is 5.98. The van der Waals surface area contributed by atoms with E-state index in [4.69, 9.17) is 5.84 Å². The molecule has 15 heavy (non-hydrogen) atoms. The van der Waals surface area contributed by atoms with Crippen molar-refractivity contribution in [3.8, 4) is 0 Å². The molecule has 1 aliphatic heterocycles. The average Bonchev–Trinajstić information content (AvgIpc) is 2.72. The first-order valence-electron chi connectivity index (χ1n) is 4.82. The Bertz CT molecular complexity index is 371. The molecule has 2 N–H and O–H groups in total. The number of aromatic nitrogens is 2. The van der Waals surface area contributed by atoms with E-state index in [1.807, 2.05) is 17.8 Å². The van der Waals surface area contributed by atoms with Crippen LogP contribution < -0.4 is 5.84 Å². The Morgan fingerprint density at radius 3 is 2.73 bits per heavy atom. The normalized spacial score (nSPS) is 15.1. The zero-order valence-corrected chi connectivity index (χ0v) is 9.79. The van der Waals surface area contributed by atoms with Gasteiger partial charge in [-0.2, -0.15) is 5.10 Å². The maximum absolute atomic E-state index is 5.79. The van der Waals surface area contributed by atoms with E-state index in [0.29, 0.717) is 0 Å². The van der Waals surface area contributed by atoms with Crippen LogP contribution >= 0.6 is 12.4 Å². The summed E-state index contributed by atoms with van der Waals surface area (Å²) >= 11 is 0. The van der Waals surface area contributed by atoms with Crippen LogP contribution in [0.5, 0.6) is 0 Å². The van der Waals surface area contributed by atoms with Gasteiger partial charge in [-0.3, -0.25) is 14.7 Å². The fourth-order valence-corrected chi connectivity index (χ4v) is 1.60. The van der Waals surface area contributed by atoms with E-state index in [1.54, 1.807) is 5.01 Å². The van der Waals surface area contributed by atoms with Crippen molar-refractivity contribution < 1.29 is 0 Å². The summed E-state index contributed by atoms with van der Waals surface area (Å²) in [5.41, 5.74) is 2.08. The summed E-state index contributed by atoms with van der Waals surface area (Å²) in [5.74, 6) is 6.64. The highest BCUT2D eigenvalue weighted by atomic mass is 35.5. The van der Waals surface area contributed by atoms with Gasteiger partial charge in [-0.1, -0.05) is 6.92 Å². The fourth-order valence-electron chi connectivity index (χ4n) is 1.60. The van der Waals surface area contributed by atoms with Crippen LogP contribution in [0, 0.1) is 0 Å². The minimum Gasteiger partial charge on any atom is -0.291 e. The zero-order chi connectivity index (χ0) is 10.1. The molecule has 5 nitrogen and oxygen atoms in total. The predicted molar refractivity (Wildman–Crippen MR) is 62.1 cm³/mol. The molecule has 1 aromatic rings. The summed E-state index contributed by atoms with van der Waals surface area (Å²) in [6, 6.07) is 2.05. The van der Waals surface area contributed by atoms with Crippen LogP contribution in [0.2, 0.25) is 0 Å². The number of hydrazine groups is 1. The number of halogens is 1. The first kappa shape index (κ1) is 12.0. The third kappa shape index (κ3) is 2.13. The summed E-state index contributed by atoms with van der Waals surface area (Å²) in [5, 5.41) is 6.04. The van der Waals surface area contributed by atoms with E-state index in [1.165, 1.54) is 0 Å². The second kappa shape index (κ2) is 4.63. The highest BCUT2D eigenvalue weighted by Gasteiger charge is 2.19. The van der Waals surface area contributed by atoms with Crippen LogP contribution in [-0.4, -0.2) is 33.7 Å². The topological polar surface area (TPSA) is 59.4 Å². The SMILES string of the molecule is CCc1cc(C2=NCCN2N)n(C)n1.Cl. The lowest BCUT2D eigenvalue weighted by Gasteiger charge is -2.12. The van der Waals surface area contributed by atoms with Crippen LogP contribution in [0.25, 0.3) is 0 Å². The monoisotopic (exact) mass is 229 g/mol. The highest BCUT2D eigenvalue weighted by Crippen LogP contribution is 2.09. The third-order valence-electron chi connectivity index (χ3n) is 2.40. The molecular formula is C9H16ClN5. The lowest BCUT2D eigenvalue weighted by atomic mass is 10.3. The number of nitrogens with two attached hydrogens (primary N) is 1. The zero-order valence-electron chi connectivity index (χ0n) is 8.97. The molecule has 0 aliphatic carbocycles. The summed E-state index contributed by atoms with van der Waals surface area (Å²) in [6.07, 6.45) is 0.936. The predicted octanol–water partition coefficient (Wildman–Crippen LogP) is 0.340. The number of hydrogen-bond donors (Lipinski definition) is 1. The summed E-state index contributed by atoms with van der Waals surface area (Å²) in [7, 11) is 1.92. The third-order valence-corrected chi connectivity index (χ3v) is 2.40. The summed E-state index contributed by atoms with van der Waals surface area (Å²) in [6.45, 7) is 3.66. The van der Waals surface area contributed by atoms with Gasteiger partial charge in [-0.25, -0.2) is 5.84 Å². The minimum atomic E-state index is 0. The Balaban J connectivity index is 0.00000112. The average molecular weight is 230 g/mol. The molecule has 0 spiro atoms. The van der Waals surface area contributed by atoms with Gasteiger partial charge >= 0.3 is 0 Å². The molecule has 0 saturated carbocycles. The molecule has 0 unspecified atom stereocenters. The molecule has 0 atom stereocenters. The lowest BCUT2D eigenvalue weighted by molar-refractivity contribution is 0.481. The van der Waals surface area contributed by atoms with Gasteiger partial charge in [0, 0.05) is 7.05 Å². The van der Waals surface area contributed by atoms with Crippen molar-refractivity contribution in [3.05, 3.63) is 17.5 Å². The molecule has 0 amide bonds. The minimum absolute atomic E-state index is 0. The van der Waals surface area contributed by atoms with Gasteiger partial charge in [0.2, 0.25) is 0 Å². The molecule has 0 bridgehead atoms. The van der Waals surface area contributed by atoms with E-state index < -0.39 is 0 Å². The number of aryl methyl sites for hydroxylation is 2. The Morgan fingerprint density at radius 1 is 1.53 bits per heavy atom. The smallest absolute Gasteiger partial charge is 0.163 e. The Morgan fingerprint density at radius 2 is 2.27 bits per heavy atom. The van der Waals surface area contributed by atoms with E-state index in [0.717, 1.165) is 36.7 Å². The van der Waals surface area contributed by atoms with Crippen LogP contribution in [0.3, 0.4) is 0 Å². The van der Waals surface area contributed by atoms with E-state index >= 15 is 0 Å². The Labute approximate surface area is 95.3 Å². The van der Waals surface area contributed by atoms with Crippen LogP contribution in [0.1, 0.15) is 18.3 Å². The van der Waals surface area contributed by atoms with Crippen LogP contribution in [0.4, 0.5) is 0 Å². The fraction of sp³-hybridized carbons (Fsp3) is 0.556. The molecule has 2 heterocycles. The number of amidine groups is 1. The van der Waals surface area contributed by atoms with E-state index in [-0.39, 0.29) is 12.4 Å². The van der Waals surface area contributed by atoms with Gasteiger partial charge in [-0.05, 0) is 12.5 Å². The van der Waals surface area contributed by atoms with Gasteiger partial charge in [0.15, 0.2) is 5.84 Å². The summed E-state index contributed by atoms with van der Waals surface area (Å²) in [4.78, 5) is 4.35. The molecule has 0 aromatic carbocycles. The molecule has 0 saturated heterocycles. The van der Waals surface area contributed by atoms with Crippen molar-refractivity contribution in [1.29, 1.82) is 0 Å². The van der Waals surface area contributed by atoms with Crippen LogP contribution in [0.15, 0.2) is 11.1 Å². The maximum atomic E-state index is 5.79. The molecule has 1 aromatic heterocycles. The molecule has 0 fully saturated rings. The first-order chi connectivity index (χ1) is 6.72. The Kier molecular flexibility index (Phi) is 3.71. The molecule has 2 rings (SSSR count). The van der Waals surface area contributed by atoms with Crippen molar-refractivity contribution in [2.75, 3.05) is 13.1 Å². The van der Waals surface area contributed by atoms with Crippen molar-refractivity contribution in [3.63, 3.8) is 0 Å². The van der Waals surface area contributed by atoms with Gasteiger partial charge in [0.1, 0.15) is 5.69 Å². The maximum Gasteiger partial charge on any atom is 0.163 e. The lowest BCUT2D eigenvalue weighted by Crippen LogP contribution is -2.36. The largest absolute Gasteiger partial charge is 0.291 e. The van der Waals surface area contributed by atoms with Gasteiger partial charge in [0.05, 0.1) is 18.8 Å². The van der Waals surface area contributed by atoms with Crippen molar-refractivity contribution in [2.45, 2.75) is 13.3 Å². The van der Waals surface area contributed by atoms with Gasteiger partial charge in [-0.15, -0.1) is 12.4 Å². The second-order valence-electron chi connectivity index (χ2n) is 3.40. The standard InChI is InChI=1S/C9H15N5.ClH/c1-3-7-6-8(13(2)12-7)9-11-4-5-14(9)10;/h6H,3-5,10H2,1-2H3;1H. The molecule has 0 radical (unpaired) electrons. The molecule has 1 aliphatic rings. The van der Waals surface area contributed by atoms with Crippen LogP contribution in [-0.2, 0) is 13.5 Å². The van der Waals surface area contributed by atoms with E-state index in [2.05, 4.69) is 17.0 Å². The van der Waals surface area contributed by atoms with E-state index in [9.17, 15) is 0 Å². The van der Waals surface area contributed by atoms with Crippen molar-refractivity contribution >= 4 is 18.2 Å². The van der Waals surface area contributed by atoms with Crippen molar-refractivity contribution in [1.82, 2.24) is 14.8 Å². The number of nitrogens with zero attached hydrogens (tertiary/aromatic N) is 4. The first-order valence-corrected chi connectivity index (χ1v) is 4.82. The quantitative estimate of drug-likeness (QED) is 0.745.